The standard InChI is InChI=1S/C7H10Cl5N3/c1-2-3-15-4-13-14-5(15)6(8,9)7(10,11)12/h4-5,14H,2-3H2,1H3. The number of hydrazone groups is 1. The summed E-state index contributed by atoms with van der Waals surface area (Å²) in [7, 11) is 0. The van der Waals surface area contributed by atoms with E-state index >= 15 is 0 Å². The topological polar surface area (TPSA) is 27.6 Å². The molecule has 0 radical (unpaired) electrons. The maximum absolute atomic E-state index is 6.03. The number of nitrogens with zero attached hydrogens (tertiary/aromatic N) is 2. The van der Waals surface area contributed by atoms with Gasteiger partial charge in [0.2, 0.25) is 8.13 Å². The highest BCUT2D eigenvalue weighted by Crippen LogP contribution is 2.49. The van der Waals surface area contributed by atoms with E-state index in [4.69, 9.17) is 58.0 Å². The molecule has 0 aliphatic carbocycles. The van der Waals surface area contributed by atoms with Crippen LogP contribution in [0.15, 0.2) is 5.10 Å². The van der Waals surface area contributed by atoms with Crippen LogP contribution in [0.4, 0.5) is 0 Å². The summed E-state index contributed by atoms with van der Waals surface area (Å²) >= 11 is 29.2. The predicted molar refractivity (Wildman–Crippen MR) is 67.1 cm³/mol. The Morgan fingerprint density at radius 2 is 1.93 bits per heavy atom. The van der Waals surface area contributed by atoms with Crippen LogP contribution in [-0.2, 0) is 0 Å². The van der Waals surface area contributed by atoms with E-state index in [1.54, 1.807) is 11.2 Å². The van der Waals surface area contributed by atoms with Gasteiger partial charge in [-0.2, -0.15) is 5.10 Å². The minimum absolute atomic E-state index is 0.548. The van der Waals surface area contributed by atoms with E-state index in [1.807, 2.05) is 6.92 Å². The average Bonchev–Trinajstić information content (AvgIpc) is 2.51. The summed E-state index contributed by atoms with van der Waals surface area (Å²) in [6.07, 6.45) is 1.95. The first-order valence-corrected chi connectivity index (χ1v) is 6.18. The third-order valence-electron chi connectivity index (χ3n) is 1.94. The molecule has 0 aromatic carbocycles. The van der Waals surface area contributed by atoms with Gasteiger partial charge in [0.25, 0.3) is 0 Å². The largest absolute Gasteiger partial charge is 0.337 e. The van der Waals surface area contributed by atoms with Gasteiger partial charge in [-0.05, 0) is 6.42 Å². The molecule has 0 fully saturated rings. The lowest BCUT2D eigenvalue weighted by Crippen LogP contribution is -2.55. The lowest BCUT2D eigenvalue weighted by Gasteiger charge is -2.37. The molecule has 1 aliphatic heterocycles. The van der Waals surface area contributed by atoms with Crippen LogP contribution in [0.25, 0.3) is 0 Å². The summed E-state index contributed by atoms with van der Waals surface area (Å²) in [6, 6.07) is 0. The van der Waals surface area contributed by atoms with E-state index in [1.165, 1.54) is 0 Å². The van der Waals surface area contributed by atoms with Gasteiger partial charge in [-0.1, -0.05) is 64.9 Å². The van der Waals surface area contributed by atoms with Crippen LogP contribution in [0.1, 0.15) is 13.3 Å². The second-order valence-electron chi connectivity index (χ2n) is 3.13. The Bertz CT molecular complexity index is 250. The van der Waals surface area contributed by atoms with Crippen LogP contribution in [0.2, 0.25) is 0 Å². The van der Waals surface area contributed by atoms with Crippen molar-refractivity contribution in [3.05, 3.63) is 0 Å². The fourth-order valence-electron chi connectivity index (χ4n) is 1.21. The quantitative estimate of drug-likeness (QED) is 0.811. The van der Waals surface area contributed by atoms with Crippen LogP contribution in [-0.4, -0.2) is 32.1 Å². The van der Waals surface area contributed by atoms with Crippen molar-refractivity contribution in [2.45, 2.75) is 27.6 Å². The Balaban J connectivity index is 2.79. The maximum Gasteiger partial charge on any atom is 0.227 e. The Kier molecular flexibility index (Phi) is 4.53. The van der Waals surface area contributed by atoms with Crippen LogP contribution < -0.4 is 5.43 Å². The van der Waals surface area contributed by atoms with Crippen LogP contribution in [0.3, 0.4) is 0 Å². The molecular weight excluding hydrogens is 303 g/mol. The van der Waals surface area contributed by atoms with Gasteiger partial charge in [0.15, 0.2) is 6.17 Å². The molecule has 1 heterocycles. The Labute approximate surface area is 114 Å². The molecule has 1 N–H and O–H groups in total. The number of alkyl halides is 5. The Hall–Kier alpha value is 0.720. The third-order valence-corrected chi connectivity index (χ3v) is 4.39. The smallest absolute Gasteiger partial charge is 0.227 e. The zero-order chi connectivity index (χ0) is 11.7. The zero-order valence-corrected chi connectivity index (χ0v) is 11.6. The molecule has 1 unspecified atom stereocenters. The Morgan fingerprint density at radius 1 is 1.33 bits per heavy atom. The van der Waals surface area contributed by atoms with Crippen LogP contribution >= 0.6 is 58.0 Å². The first kappa shape index (κ1) is 13.8. The predicted octanol–water partition coefficient (Wildman–Crippen LogP) is 3.12. The van der Waals surface area contributed by atoms with E-state index in [-0.39, 0.29) is 0 Å². The average molecular weight is 313 g/mol. The van der Waals surface area contributed by atoms with Crippen molar-refractivity contribution in [1.82, 2.24) is 10.3 Å². The van der Waals surface area contributed by atoms with E-state index in [0.717, 1.165) is 13.0 Å². The van der Waals surface area contributed by atoms with E-state index in [9.17, 15) is 0 Å². The van der Waals surface area contributed by atoms with Gasteiger partial charge in [-0.15, -0.1) is 0 Å². The van der Waals surface area contributed by atoms with E-state index in [0.29, 0.717) is 0 Å². The molecule has 0 amide bonds. The van der Waals surface area contributed by atoms with Gasteiger partial charge in [-0.3, -0.25) is 5.43 Å². The van der Waals surface area contributed by atoms with Crippen molar-refractivity contribution in [3.8, 4) is 0 Å². The monoisotopic (exact) mass is 311 g/mol. The second kappa shape index (κ2) is 4.92. The van der Waals surface area contributed by atoms with E-state index in [2.05, 4.69) is 10.5 Å². The second-order valence-corrected chi connectivity index (χ2v) is 6.80. The molecule has 1 rings (SSSR count). The SMILES string of the molecule is CCCN1C=NNC1C(Cl)(Cl)C(Cl)(Cl)Cl. The molecule has 0 aromatic heterocycles. The summed E-state index contributed by atoms with van der Waals surface area (Å²) in [5.74, 6) is 0. The first-order valence-electron chi connectivity index (χ1n) is 4.29. The summed E-state index contributed by atoms with van der Waals surface area (Å²) in [5.41, 5.74) is 2.72. The lowest BCUT2D eigenvalue weighted by atomic mass is 10.3. The molecule has 0 saturated heterocycles. The molecule has 1 aliphatic rings. The molecule has 3 nitrogen and oxygen atoms in total. The number of rotatable bonds is 3. The third kappa shape index (κ3) is 2.89. The van der Waals surface area contributed by atoms with Gasteiger partial charge in [0.05, 0.1) is 0 Å². The van der Waals surface area contributed by atoms with E-state index < -0.39 is 14.3 Å². The van der Waals surface area contributed by atoms with Gasteiger partial charge in [0, 0.05) is 6.54 Å². The number of hydrogen-bond donors (Lipinski definition) is 1. The van der Waals surface area contributed by atoms with Crippen molar-refractivity contribution < 1.29 is 0 Å². The van der Waals surface area contributed by atoms with Crippen LogP contribution in [0.5, 0.6) is 0 Å². The molecule has 88 valence electrons. The Morgan fingerprint density at radius 3 is 2.40 bits per heavy atom. The highest BCUT2D eigenvalue weighted by Gasteiger charge is 2.54. The zero-order valence-electron chi connectivity index (χ0n) is 7.85. The summed E-state index contributed by atoms with van der Waals surface area (Å²) in [5, 5.41) is 3.85. The summed E-state index contributed by atoms with van der Waals surface area (Å²) in [6.45, 7) is 2.74. The number of hydrogen-bond acceptors (Lipinski definition) is 3. The van der Waals surface area contributed by atoms with Crippen molar-refractivity contribution in [2.75, 3.05) is 6.54 Å². The van der Waals surface area contributed by atoms with Gasteiger partial charge in [-0.25, -0.2) is 0 Å². The lowest BCUT2D eigenvalue weighted by molar-refractivity contribution is 0.279. The first-order chi connectivity index (χ1) is 6.80. The van der Waals surface area contributed by atoms with Crippen molar-refractivity contribution in [2.24, 2.45) is 5.10 Å². The fourth-order valence-corrected chi connectivity index (χ4v) is 1.87. The minimum atomic E-state index is -1.80. The van der Waals surface area contributed by atoms with Gasteiger partial charge in [0.1, 0.15) is 6.34 Å². The van der Waals surface area contributed by atoms with Gasteiger partial charge >= 0.3 is 0 Å². The minimum Gasteiger partial charge on any atom is -0.337 e. The molecule has 8 heteroatoms. The van der Waals surface area contributed by atoms with Crippen LogP contribution in [0, 0.1) is 0 Å². The molecule has 0 spiro atoms. The molecule has 0 bridgehead atoms. The highest BCUT2D eigenvalue weighted by atomic mass is 35.6. The maximum atomic E-state index is 6.03. The van der Waals surface area contributed by atoms with Crippen molar-refractivity contribution >= 4 is 64.3 Å². The van der Waals surface area contributed by atoms with Crippen molar-refractivity contribution in [3.63, 3.8) is 0 Å². The highest BCUT2D eigenvalue weighted by molar-refractivity contribution is 6.75. The fraction of sp³-hybridized carbons (Fsp3) is 0.857. The van der Waals surface area contributed by atoms with Gasteiger partial charge < -0.3 is 4.90 Å². The number of halogens is 5. The molecule has 1 atom stereocenters. The molecule has 0 aromatic rings. The number of nitrogens with one attached hydrogen (secondary N) is 1. The molecule has 15 heavy (non-hydrogen) atoms. The molecule has 0 saturated carbocycles. The summed E-state index contributed by atoms with van der Waals surface area (Å²) in [4.78, 5) is 1.79. The van der Waals surface area contributed by atoms with Crippen molar-refractivity contribution in [1.29, 1.82) is 0 Å². The summed E-state index contributed by atoms with van der Waals surface area (Å²) < 4.78 is -3.38. The molecular formula is C7H10Cl5N3. The normalized spacial score (nSPS) is 22.0.